The summed E-state index contributed by atoms with van der Waals surface area (Å²) in [6.07, 6.45) is 5.35. The van der Waals surface area contributed by atoms with Gasteiger partial charge in [-0.05, 0) is 68.5 Å². The van der Waals surface area contributed by atoms with Crippen LogP contribution in [0.15, 0.2) is 66.3 Å². The third-order valence-electron chi connectivity index (χ3n) is 4.88. The highest BCUT2D eigenvalue weighted by atomic mass is 19.1. The van der Waals surface area contributed by atoms with Gasteiger partial charge in [0.1, 0.15) is 30.1 Å². The number of aliphatic hydroxyl groups excluding tert-OH is 1. The maximum atomic E-state index is 13.9. The van der Waals surface area contributed by atoms with Gasteiger partial charge in [-0.2, -0.15) is 0 Å². The summed E-state index contributed by atoms with van der Waals surface area (Å²) in [7, 11) is 0. The van der Waals surface area contributed by atoms with E-state index < -0.39 is 29.8 Å². The SMILES string of the molecule is CCOC(=O)/C=C(C)/C=C/CCC[C@@H](OC(=O)Nc1ccc(F)cc1F)c1ccc(OCCO)cc1. The maximum absolute atomic E-state index is 13.9. The summed E-state index contributed by atoms with van der Waals surface area (Å²) in [5.41, 5.74) is 1.25. The summed E-state index contributed by atoms with van der Waals surface area (Å²) >= 11 is 0. The Morgan fingerprint density at radius 3 is 2.56 bits per heavy atom. The highest BCUT2D eigenvalue weighted by molar-refractivity contribution is 5.85. The van der Waals surface area contributed by atoms with Crippen LogP contribution in [0.3, 0.4) is 0 Å². The Bertz CT molecular complexity index is 1050. The van der Waals surface area contributed by atoms with Crippen molar-refractivity contribution >= 4 is 17.7 Å². The van der Waals surface area contributed by atoms with E-state index in [2.05, 4.69) is 5.32 Å². The van der Waals surface area contributed by atoms with E-state index in [1.807, 2.05) is 12.2 Å². The Balaban J connectivity index is 2.03. The molecule has 1 atom stereocenters. The molecule has 0 unspecified atom stereocenters. The minimum absolute atomic E-state index is 0.116. The average molecular weight is 504 g/mol. The van der Waals surface area contributed by atoms with Gasteiger partial charge in [0.2, 0.25) is 0 Å². The van der Waals surface area contributed by atoms with Gasteiger partial charge in [0, 0.05) is 12.1 Å². The van der Waals surface area contributed by atoms with Crippen LogP contribution in [0.2, 0.25) is 0 Å². The molecule has 36 heavy (non-hydrogen) atoms. The Kier molecular flexibility index (Phi) is 12.1. The van der Waals surface area contributed by atoms with Crippen molar-refractivity contribution in [3.05, 3.63) is 83.5 Å². The molecule has 0 aliphatic heterocycles. The van der Waals surface area contributed by atoms with Gasteiger partial charge >= 0.3 is 12.1 Å². The van der Waals surface area contributed by atoms with Gasteiger partial charge in [0.25, 0.3) is 0 Å². The first-order chi connectivity index (χ1) is 17.3. The lowest BCUT2D eigenvalue weighted by Crippen LogP contribution is -2.18. The quantitative estimate of drug-likeness (QED) is 0.154. The second-order valence-corrected chi connectivity index (χ2v) is 7.76. The second-order valence-electron chi connectivity index (χ2n) is 7.76. The number of esters is 1. The van der Waals surface area contributed by atoms with E-state index in [1.165, 1.54) is 6.08 Å². The lowest BCUT2D eigenvalue weighted by Gasteiger charge is -2.19. The zero-order valence-corrected chi connectivity index (χ0v) is 20.3. The van der Waals surface area contributed by atoms with Crippen LogP contribution in [0, 0.1) is 11.6 Å². The molecule has 2 aromatic rings. The number of carbonyl (C=O) groups excluding carboxylic acids is 2. The summed E-state index contributed by atoms with van der Waals surface area (Å²) < 4.78 is 42.8. The third-order valence-corrected chi connectivity index (χ3v) is 4.88. The van der Waals surface area contributed by atoms with Crippen molar-refractivity contribution in [2.45, 2.75) is 39.2 Å². The molecule has 0 aliphatic rings. The zero-order valence-electron chi connectivity index (χ0n) is 20.3. The van der Waals surface area contributed by atoms with Gasteiger partial charge in [-0.15, -0.1) is 0 Å². The first-order valence-electron chi connectivity index (χ1n) is 11.6. The van der Waals surface area contributed by atoms with Gasteiger partial charge < -0.3 is 19.3 Å². The molecule has 0 heterocycles. The number of halogens is 2. The predicted octanol–water partition coefficient (Wildman–Crippen LogP) is 5.86. The molecule has 2 aromatic carbocycles. The standard InChI is InChI=1S/C27H31F2NO6/c1-3-34-26(32)17-19(2)7-5-4-6-8-25(20-9-12-22(13-10-20)35-16-15-31)36-27(33)30-24-14-11-21(28)18-23(24)29/h5,7,9-14,17-18,25,31H,3-4,6,8,15-16H2,1-2H3,(H,30,33)/b7-5+,19-17+/t25-/m1/s1. The van der Waals surface area contributed by atoms with Crippen molar-refractivity contribution in [1.29, 1.82) is 0 Å². The van der Waals surface area contributed by atoms with Crippen molar-refractivity contribution in [2.24, 2.45) is 0 Å². The molecule has 0 bridgehead atoms. The summed E-state index contributed by atoms with van der Waals surface area (Å²) in [4.78, 5) is 24.0. The van der Waals surface area contributed by atoms with Crippen molar-refractivity contribution in [2.75, 3.05) is 25.1 Å². The summed E-state index contributed by atoms with van der Waals surface area (Å²) in [5, 5.41) is 11.2. The molecule has 0 aromatic heterocycles. The fraction of sp³-hybridized carbons (Fsp3) is 0.333. The molecule has 2 N–H and O–H groups in total. The molecule has 0 saturated carbocycles. The van der Waals surface area contributed by atoms with E-state index in [0.717, 1.165) is 17.7 Å². The Morgan fingerprint density at radius 1 is 1.14 bits per heavy atom. The minimum Gasteiger partial charge on any atom is -0.491 e. The van der Waals surface area contributed by atoms with Crippen LogP contribution >= 0.6 is 0 Å². The number of nitrogens with one attached hydrogen (secondary N) is 1. The van der Waals surface area contributed by atoms with E-state index in [-0.39, 0.29) is 18.9 Å². The maximum Gasteiger partial charge on any atom is 0.412 e. The number of rotatable bonds is 13. The number of benzene rings is 2. The van der Waals surface area contributed by atoms with Crippen LogP contribution in [0.1, 0.15) is 44.8 Å². The first kappa shape index (κ1) is 28.5. The summed E-state index contributed by atoms with van der Waals surface area (Å²) in [6, 6.07) is 9.70. The van der Waals surface area contributed by atoms with Gasteiger partial charge in [0.05, 0.1) is 18.9 Å². The van der Waals surface area contributed by atoms with E-state index in [4.69, 9.17) is 19.3 Å². The number of allylic oxidation sites excluding steroid dienone is 3. The van der Waals surface area contributed by atoms with Gasteiger partial charge in [0.15, 0.2) is 0 Å². The highest BCUT2D eigenvalue weighted by Gasteiger charge is 2.18. The molecule has 9 heteroatoms. The Labute approximate surface area is 209 Å². The minimum atomic E-state index is -0.912. The lowest BCUT2D eigenvalue weighted by atomic mass is 10.0. The fourth-order valence-corrected chi connectivity index (χ4v) is 3.20. The molecular weight excluding hydrogens is 472 g/mol. The normalized spacial score (nSPS) is 12.3. The molecule has 0 fully saturated rings. The number of ether oxygens (including phenoxy) is 3. The third kappa shape index (κ3) is 10.3. The molecule has 0 aliphatic carbocycles. The van der Waals surface area contributed by atoms with Crippen LogP contribution in [0.25, 0.3) is 0 Å². The van der Waals surface area contributed by atoms with Crippen LogP contribution < -0.4 is 10.1 Å². The number of amides is 1. The molecule has 2 rings (SSSR count). The largest absolute Gasteiger partial charge is 0.491 e. The van der Waals surface area contributed by atoms with E-state index in [1.54, 1.807) is 38.1 Å². The summed E-state index contributed by atoms with van der Waals surface area (Å²) in [6.45, 7) is 3.88. The smallest absolute Gasteiger partial charge is 0.412 e. The van der Waals surface area contributed by atoms with E-state index in [9.17, 15) is 18.4 Å². The Hall–Kier alpha value is -3.72. The van der Waals surface area contributed by atoms with Gasteiger partial charge in [-0.1, -0.05) is 24.3 Å². The highest BCUT2D eigenvalue weighted by Crippen LogP contribution is 2.27. The lowest BCUT2D eigenvalue weighted by molar-refractivity contribution is -0.137. The second kappa shape index (κ2) is 15.3. The molecule has 1 amide bonds. The number of carbonyl (C=O) groups is 2. The van der Waals surface area contributed by atoms with E-state index >= 15 is 0 Å². The molecule has 7 nitrogen and oxygen atoms in total. The van der Waals surface area contributed by atoms with Crippen LogP contribution in [-0.2, 0) is 14.3 Å². The van der Waals surface area contributed by atoms with Crippen molar-refractivity contribution in [3.63, 3.8) is 0 Å². The number of anilines is 1. The van der Waals surface area contributed by atoms with Crippen molar-refractivity contribution in [1.82, 2.24) is 0 Å². The zero-order chi connectivity index (χ0) is 26.3. The van der Waals surface area contributed by atoms with Crippen molar-refractivity contribution < 1.29 is 37.7 Å². The number of unbranched alkanes of at least 4 members (excludes halogenated alkanes) is 1. The monoisotopic (exact) mass is 503 g/mol. The molecule has 0 spiro atoms. The van der Waals surface area contributed by atoms with Crippen LogP contribution in [-0.4, -0.2) is 37.0 Å². The van der Waals surface area contributed by atoms with E-state index in [0.29, 0.717) is 43.2 Å². The number of hydrogen-bond acceptors (Lipinski definition) is 6. The van der Waals surface area contributed by atoms with Gasteiger partial charge in [-0.25, -0.2) is 18.4 Å². The predicted molar refractivity (Wildman–Crippen MR) is 132 cm³/mol. The average Bonchev–Trinajstić information content (AvgIpc) is 2.84. The molecular formula is C27H31F2NO6. The molecule has 194 valence electrons. The summed E-state index contributed by atoms with van der Waals surface area (Å²) in [5.74, 6) is -1.52. The number of aliphatic hydroxyl groups is 1. The van der Waals surface area contributed by atoms with Gasteiger partial charge in [-0.3, -0.25) is 5.32 Å². The molecule has 0 radical (unpaired) electrons. The van der Waals surface area contributed by atoms with Crippen LogP contribution in [0.5, 0.6) is 5.75 Å². The fourth-order valence-electron chi connectivity index (χ4n) is 3.20. The van der Waals surface area contributed by atoms with Crippen LogP contribution in [0.4, 0.5) is 19.3 Å². The first-order valence-corrected chi connectivity index (χ1v) is 11.6. The number of hydrogen-bond donors (Lipinski definition) is 2. The molecule has 0 saturated heterocycles. The Morgan fingerprint density at radius 2 is 1.89 bits per heavy atom. The topological polar surface area (TPSA) is 94.1 Å². The van der Waals surface area contributed by atoms with Crippen molar-refractivity contribution in [3.8, 4) is 5.75 Å².